The summed E-state index contributed by atoms with van der Waals surface area (Å²) in [6.07, 6.45) is 2.43. The van der Waals surface area contributed by atoms with E-state index in [0.717, 1.165) is 47.9 Å². The van der Waals surface area contributed by atoms with Crippen molar-refractivity contribution in [3.05, 3.63) is 24.3 Å². The number of fused-ring (bicyclic) bond motifs is 1. The molecular weight excluding hydrogens is 453 g/mol. The lowest BCUT2D eigenvalue weighted by molar-refractivity contribution is -0.125. The summed E-state index contributed by atoms with van der Waals surface area (Å²) in [7, 11) is 0. The molecule has 2 aliphatic heterocycles. The number of ether oxygens (including phenoxy) is 1. The number of alkyl halides is 1. The standard InChI is InChI=1S/C22H28FN3O4S2/c1-12(2)30-21(29)24-10-22(11-27)16(13-6-5-7-13)17(23)32-20(22)26-18(28)19-25-14-8-3-4-9-15(14)31-19/h3-4,8-9,11-13,16-17,19-20,25H,5-7,10H2,1-2H3,(H,24,29)(H,26,28). The van der Waals surface area contributed by atoms with Gasteiger partial charge in [-0.05, 0) is 44.7 Å². The number of alkyl carbamates (subject to hydrolysis) is 1. The Kier molecular flexibility index (Phi) is 6.90. The number of rotatable bonds is 7. The van der Waals surface area contributed by atoms with Crippen LogP contribution in [0.4, 0.5) is 14.9 Å². The number of hydrogen-bond donors (Lipinski definition) is 3. The predicted molar refractivity (Wildman–Crippen MR) is 123 cm³/mol. The highest BCUT2D eigenvalue weighted by atomic mass is 32.2. The number of halogens is 1. The maximum atomic E-state index is 15.3. The van der Waals surface area contributed by atoms with Crippen LogP contribution in [0, 0.1) is 17.3 Å². The zero-order valence-electron chi connectivity index (χ0n) is 18.0. The Bertz CT molecular complexity index is 859. The summed E-state index contributed by atoms with van der Waals surface area (Å²) in [5.41, 5.74) is -1.69. The van der Waals surface area contributed by atoms with Crippen LogP contribution >= 0.6 is 23.5 Å². The van der Waals surface area contributed by atoms with Gasteiger partial charge in [0.1, 0.15) is 6.29 Å². The average Bonchev–Trinajstić information content (AvgIpc) is 3.25. The smallest absolute Gasteiger partial charge is 0.407 e. The van der Waals surface area contributed by atoms with Crippen LogP contribution in [0.2, 0.25) is 0 Å². The molecule has 5 atom stereocenters. The average molecular weight is 482 g/mol. The molecule has 3 aliphatic rings. The van der Waals surface area contributed by atoms with Crippen molar-refractivity contribution in [2.75, 3.05) is 11.9 Å². The first-order valence-corrected chi connectivity index (χ1v) is 12.7. The van der Waals surface area contributed by atoms with E-state index < -0.39 is 33.7 Å². The molecule has 4 rings (SSSR count). The van der Waals surface area contributed by atoms with Gasteiger partial charge in [0.2, 0.25) is 0 Å². The van der Waals surface area contributed by atoms with Crippen molar-refractivity contribution in [1.82, 2.24) is 10.6 Å². The molecular formula is C22H28FN3O4S2. The molecule has 0 radical (unpaired) electrons. The van der Waals surface area contributed by atoms with Crippen LogP contribution in [0.5, 0.6) is 0 Å². The third-order valence-electron chi connectivity index (χ3n) is 6.35. The molecule has 2 heterocycles. The molecule has 0 spiro atoms. The van der Waals surface area contributed by atoms with Crippen LogP contribution in [-0.2, 0) is 14.3 Å². The normalized spacial score (nSPS) is 31.4. The van der Waals surface area contributed by atoms with Gasteiger partial charge in [-0.1, -0.05) is 42.1 Å². The highest BCUT2D eigenvalue weighted by molar-refractivity contribution is 8.01. The molecule has 174 valence electrons. The third kappa shape index (κ3) is 4.44. The minimum absolute atomic E-state index is 0.0516. The Morgan fingerprint density at radius 1 is 1.34 bits per heavy atom. The van der Waals surface area contributed by atoms with Gasteiger partial charge in [-0.15, -0.1) is 0 Å². The van der Waals surface area contributed by atoms with E-state index in [1.54, 1.807) is 13.8 Å². The van der Waals surface area contributed by atoms with Gasteiger partial charge >= 0.3 is 6.09 Å². The van der Waals surface area contributed by atoms with Gasteiger partial charge in [-0.2, -0.15) is 0 Å². The molecule has 1 saturated carbocycles. The van der Waals surface area contributed by atoms with Crippen molar-refractivity contribution in [2.45, 2.75) is 60.4 Å². The van der Waals surface area contributed by atoms with Crippen molar-refractivity contribution in [1.29, 1.82) is 0 Å². The molecule has 0 bridgehead atoms. The molecule has 1 aromatic rings. The van der Waals surface area contributed by atoms with Crippen LogP contribution in [0.15, 0.2) is 29.2 Å². The lowest BCUT2D eigenvalue weighted by atomic mass is 9.64. The summed E-state index contributed by atoms with van der Waals surface area (Å²) in [5, 5.41) is 7.34. The molecule has 10 heteroatoms. The summed E-state index contributed by atoms with van der Waals surface area (Å²) in [6, 6.07) is 7.60. The number of benzene rings is 1. The minimum atomic E-state index is -1.31. The van der Waals surface area contributed by atoms with Gasteiger partial charge in [-0.3, -0.25) is 4.79 Å². The van der Waals surface area contributed by atoms with Crippen LogP contribution in [-0.4, -0.2) is 47.2 Å². The summed E-state index contributed by atoms with van der Waals surface area (Å²) in [6.45, 7) is 3.36. The summed E-state index contributed by atoms with van der Waals surface area (Å²) >= 11 is 2.34. The molecule has 2 fully saturated rings. The maximum Gasteiger partial charge on any atom is 0.407 e. The Balaban J connectivity index is 1.51. The van der Waals surface area contributed by atoms with E-state index in [0.29, 0.717) is 0 Å². The van der Waals surface area contributed by atoms with E-state index in [2.05, 4.69) is 16.0 Å². The van der Waals surface area contributed by atoms with Crippen LogP contribution in [0.3, 0.4) is 0 Å². The molecule has 7 nitrogen and oxygen atoms in total. The molecule has 1 aromatic carbocycles. The number of carbonyl (C=O) groups is 3. The van der Waals surface area contributed by atoms with Gasteiger partial charge in [0.15, 0.2) is 10.9 Å². The lowest BCUT2D eigenvalue weighted by Crippen LogP contribution is -2.56. The molecule has 5 unspecified atom stereocenters. The molecule has 2 amide bonds. The number of nitrogens with one attached hydrogen (secondary N) is 3. The lowest BCUT2D eigenvalue weighted by Gasteiger charge is -2.42. The number of anilines is 1. The first kappa shape index (κ1) is 23.2. The monoisotopic (exact) mass is 481 g/mol. The Morgan fingerprint density at radius 2 is 2.09 bits per heavy atom. The van der Waals surface area contributed by atoms with Gasteiger partial charge in [0.05, 0.1) is 16.9 Å². The molecule has 3 N–H and O–H groups in total. The number of aldehydes is 1. The van der Waals surface area contributed by atoms with E-state index in [9.17, 15) is 14.4 Å². The van der Waals surface area contributed by atoms with Crippen LogP contribution in [0.1, 0.15) is 33.1 Å². The molecule has 0 aromatic heterocycles. The summed E-state index contributed by atoms with van der Waals surface area (Å²) in [5.74, 6) is -0.846. The van der Waals surface area contributed by atoms with Gasteiger partial charge in [0.25, 0.3) is 5.91 Å². The zero-order chi connectivity index (χ0) is 22.9. The quantitative estimate of drug-likeness (QED) is 0.511. The van der Waals surface area contributed by atoms with Crippen molar-refractivity contribution in [2.24, 2.45) is 17.3 Å². The largest absolute Gasteiger partial charge is 0.447 e. The van der Waals surface area contributed by atoms with Gasteiger partial charge in [-0.25, -0.2) is 9.18 Å². The third-order valence-corrected chi connectivity index (χ3v) is 8.91. The van der Waals surface area contributed by atoms with Crippen molar-refractivity contribution >= 4 is 47.5 Å². The van der Waals surface area contributed by atoms with E-state index in [-0.39, 0.29) is 24.5 Å². The predicted octanol–water partition coefficient (Wildman–Crippen LogP) is 3.75. The topological polar surface area (TPSA) is 96.5 Å². The zero-order valence-corrected chi connectivity index (χ0v) is 19.6. The fourth-order valence-corrected chi connectivity index (χ4v) is 7.23. The summed E-state index contributed by atoms with van der Waals surface area (Å²) < 4.78 is 20.4. The van der Waals surface area contributed by atoms with E-state index >= 15 is 4.39 Å². The summed E-state index contributed by atoms with van der Waals surface area (Å²) in [4.78, 5) is 38.7. The highest BCUT2D eigenvalue weighted by Crippen LogP contribution is 2.57. The van der Waals surface area contributed by atoms with Gasteiger partial charge < -0.3 is 25.5 Å². The van der Waals surface area contributed by atoms with Crippen LogP contribution in [0.25, 0.3) is 0 Å². The SMILES string of the molecule is CC(C)OC(=O)NCC1(C=O)C(NC(=O)C2Nc3ccccc3S2)SC(F)C1C1CCC1. The van der Waals surface area contributed by atoms with Crippen molar-refractivity contribution < 1.29 is 23.5 Å². The number of carbonyl (C=O) groups excluding carboxylic acids is 3. The molecule has 1 aliphatic carbocycles. The Labute approximate surface area is 195 Å². The van der Waals surface area contributed by atoms with Gasteiger partial charge in [0, 0.05) is 23.0 Å². The van der Waals surface area contributed by atoms with E-state index in [1.165, 1.54) is 11.8 Å². The number of thioether (sulfide) groups is 2. The second-order valence-electron chi connectivity index (χ2n) is 8.77. The highest BCUT2D eigenvalue weighted by Gasteiger charge is 2.60. The Morgan fingerprint density at radius 3 is 2.72 bits per heavy atom. The number of para-hydroxylation sites is 1. The second-order valence-corrected chi connectivity index (χ2v) is 11.1. The first-order chi connectivity index (χ1) is 15.3. The van der Waals surface area contributed by atoms with Crippen molar-refractivity contribution in [3.8, 4) is 0 Å². The molecule has 1 saturated heterocycles. The second kappa shape index (κ2) is 9.51. The fraction of sp³-hybridized carbons (Fsp3) is 0.591. The first-order valence-electron chi connectivity index (χ1n) is 10.9. The number of amides is 2. The maximum absolute atomic E-state index is 15.3. The Hall–Kier alpha value is -1.94. The minimum Gasteiger partial charge on any atom is -0.447 e. The van der Waals surface area contributed by atoms with Crippen molar-refractivity contribution in [3.63, 3.8) is 0 Å². The van der Waals surface area contributed by atoms with E-state index in [1.807, 2.05) is 24.3 Å². The van der Waals surface area contributed by atoms with Crippen LogP contribution < -0.4 is 16.0 Å². The van der Waals surface area contributed by atoms with E-state index in [4.69, 9.17) is 4.74 Å². The molecule has 32 heavy (non-hydrogen) atoms. The number of hydrogen-bond acceptors (Lipinski definition) is 7. The fourth-order valence-electron chi connectivity index (χ4n) is 4.56.